The van der Waals surface area contributed by atoms with Gasteiger partial charge in [0.25, 0.3) is 5.91 Å². The summed E-state index contributed by atoms with van der Waals surface area (Å²) in [5.41, 5.74) is 7.24. The van der Waals surface area contributed by atoms with Crippen molar-refractivity contribution in [2.24, 2.45) is 5.73 Å². The number of aromatic amines is 1. The number of imidazole rings is 1. The summed E-state index contributed by atoms with van der Waals surface area (Å²) in [5, 5.41) is 3.01. The topological polar surface area (TPSA) is 83.8 Å². The highest BCUT2D eigenvalue weighted by atomic mass is 16.1. The molecule has 0 saturated heterocycles. The maximum Gasteiger partial charge on any atom is 0.252 e. The van der Waals surface area contributed by atoms with Crippen molar-refractivity contribution in [2.45, 2.75) is 25.8 Å². The summed E-state index contributed by atoms with van der Waals surface area (Å²) in [6.07, 6.45) is 4.92. The van der Waals surface area contributed by atoms with Crippen molar-refractivity contribution in [3.63, 3.8) is 0 Å². The summed E-state index contributed by atoms with van der Waals surface area (Å²) in [4.78, 5) is 19.7. The number of carbonyl (C=O) groups is 1. The summed E-state index contributed by atoms with van der Waals surface area (Å²) in [6, 6.07) is 7.45. The zero-order valence-corrected chi connectivity index (χ0v) is 11.6. The molecule has 0 aliphatic heterocycles. The van der Waals surface area contributed by atoms with Gasteiger partial charge in [0.1, 0.15) is 5.82 Å². The molecule has 2 aromatic rings. The molecule has 20 heavy (non-hydrogen) atoms. The first-order chi connectivity index (χ1) is 9.76. The average molecular weight is 272 g/mol. The number of hydrogen-bond donors (Lipinski definition) is 3. The Labute approximate surface area is 118 Å². The zero-order chi connectivity index (χ0) is 14.4. The number of carbonyl (C=O) groups excluding carboxylic acids is 1. The highest BCUT2D eigenvalue weighted by Crippen LogP contribution is 2.15. The number of nitrogens with one attached hydrogen (secondary N) is 2. The number of H-pyrrole nitrogens is 1. The van der Waals surface area contributed by atoms with Crippen LogP contribution in [0, 0.1) is 0 Å². The van der Waals surface area contributed by atoms with Crippen molar-refractivity contribution in [3.8, 4) is 0 Å². The predicted octanol–water partition coefficient (Wildman–Crippen LogP) is 1.79. The van der Waals surface area contributed by atoms with E-state index < -0.39 is 0 Å². The molecule has 0 fully saturated rings. The van der Waals surface area contributed by atoms with E-state index in [0.717, 1.165) is 17.8 Å². The van der Waals surface area contributed by atoms with Crippen molar-refractivity contribution in [1.29, 1.82) is 0 Å². The Kier molecular flexibility index (Phi) is 4.90. The number of aromatic nitrogens is 2. The highest BCUT2D eigenvalue weighted by Gasteiger charge is 2.17. The SMILES string of the molecule is CCC(NC(=O)c1ccccc1CCN)c1ncc[nH]1. The van der Waals surface area contributed by atoms with Crippen molar-refractivity contribution in [2.75, 3.05) is 6.54 Å². The van der Waals surface area contributed by atoms with Crippen LogP contribution in [-0.4, -0.2) is 22.4 Å². The van der Waals surface area contributed by atoms with E-state index in [1.807, 2.05) is 31.2 Å². The molecular formula is C15H20N4O. The Morgan fingerprint density at radius 1 is 1.45 bits per heavy atom. The van der Waals surface area contributed by atoms with Crippen LogP contribution in [0.1, 0.15) is 41.1 Å². The van der Waals surface area contributed by atoms with Crippen LogP contribution in [-0.2, 0) is 6.42 Å². The fourth-order valence-corrected chi connectivity index (χ4v) is 2.18. The number of nitrogens with two attached hydrogens (primary N) is 1. The number of amides is 1. The first kappa shape index (κ1) is 14.3. The molecule has 1 unspecified atom stereocenters. The smallest absolute Gasteiger partial charge is 0.252 e. The molecule has 0 aliphatic carbocycles. The Hall–Kier alpha value is -2.14. The fourth-order valence-electron chi connectivity index (χ4n) is 2.18. The van der Waals surface area contributed by atoms with Gasteiger partial charge in [0.2, 0.25) is 0 Å². The van der Waals surface area contributed by atoms with E-state index in [4.69, 9.17) is 5.73 Å². The van der Waals surface area contributed by atoms with Gasteiger partial charge in [-0.05, 0) is 31.0 Å². The van der Waals surface area contributed by atoms with E-state index in [1.165, 1.54) is 0 Å². The van der Waals surface area contributed by atoms with E-state index in [1.54, 1.807) is 12.4 Å². The number of rotatable bonds is 6. The molecule has 106 valence electrons. The fraction of sp³-hybridized carbons (Fsp3) is 0.333. The number of hydrogen-bond acceptors (Lipinski definition) is 3. The molecule has 0 aliphatic rings. The van der Waals surface area contributed by atoms with E-state index in [9.17, 15) is 4.79 Å². The Morgan fingerprint density at radius 2 is 2.25 bits per heavy atom. The first-order valence-corrected chi connectivity index (χ1v) is 6.84. The van der Waals surface area contributed by atoms with Crippen molar-refractivity contribution in [1.82, 2.24) is 15.3 Å². The lowest BCUT2D eigenvalue weighted by atomic mass is 10.0. The lowest BCUT2D eigenvalue weighted by molar-refractivity contribution is 0.0933. The van der Waals surface area contributed by atoms with Crippen LogP contribution >= 0.6 is 0 Å². The second kappa shape index (κ2) is 6.86. The molecule has 0 bridgehead atoms. The van der Waals surface area contributed by atoms with Gasteiger partial charge >= 0.3 is 0 Å². The molecule has 1 heterocycles. The van der Waals surface area contributed by atoms with Gasteiger partial charge in [0, 0.05) is 18.0 Å². The zero-order valence-electron chi connectivity index (χ0n) is 11.6. The van der Waals surface area contributed by atoms with Gasteiger partial charge in [0.05, 0.1) is 6.04 Å². The molecule has 1 aromatic heterocycles. The summed E-state index contributed by atoms with van der Waals surface area (Å²) < 4.78 is 0. The summed E-state index contributed by atoms with van der Waals surface area (Å²) in [7, 11) is 0. The average Bonchev–Trinajstić information content (AvgIpc) is 2.99. The lowest BCUT2D eigenvalue weighted by Crippen LogP contribution is -2.29. The molecule has 0 radical (unpaired) electrons. The van der Waals surface area contributed by atoms with Crippen LogP contribution in [0.3, 0.4) is 0 Å². The third-order valence-corrected chi connectivity index (χ3v) is 3.24. The van der Waals surface area contributed by atoms with Crippen molar-refractivity contribution >= 4 is 5.91 Å². The maximum atomic E-state index is 12.4. The van der Waals surface area contributed by atoms with Crippen LogP contribution in [0.15, 0.2) is 36.7 Å². The largest absolute Gasteiger partial charge is 0.347 e. The van der Waals surface area contributed by atoms with Gasteiger partial charge in [0.15, 0.2) is 0 Å². The summed E-state index contributed by atoms with van der Waals surface area (Å²) in [5.74, 6) is 0.689. The Morgan fingerprint density at radius 3 is 2.90 bits per heavy atom. The standard InChI is InChI=1S/C15H20N4O/c1-2-13(14-17-9-10-18-14)19-15(20)12-6-4-3-5-11(12)7-8-16/h3-6,9-10,13H,2,7-8,16H2,1H3,(H,17,18)(H,19,20). The maximum absolute atomic E-state index is 12.4. The van der Waals surface area contributed by atoms with Crippen LogP contribution in [0.4, 0.5) is 0 Å². The van der Waals surface area contributed by atoms with E-state index in [2.05, 4.69) is 15.3 Å². The number of nitrogens with zero attached hydrogens (tertiary/aromatic N) is 1. The van der Waals surface area contributed by atoms with Crippen LogP contribution in [0.2, 0.25) is 0 Å². The van der Waals surface area contributed by atoms with Crippen LogP contribution in [0.5, 0.6) is 0 Å². The molecule has 1 atom stereocenters. The van der Waals surface area contributed by atoms with Crippen LogP contribution in [0.25, 0.3) is 0 Å². The van der Waals surface area contributed by atoms with E-state index >= 15 is 0 Å². The van der Waals surface area contributed by atoms with Crippen molar-refractivity contribution < 1.29 is 4.79 Å². The van der Waals surface area contributed by atoms with Gasteiger partial charge in [-0.3, -0.25) is 4.79 Å². The third-order valence-electron chi connectivity index (χ3n) is 3.24. The van der Waals surface area contributed by atoms with Crippen LogP contribution < -0.4 is 11.1 Å². The molecule has 2 rings (SSSR count). The second-order valence-electron chi connectivity index (χ2n) is 4.60. The Balaban J connectivity index is 2.15. The molecular weight excluding hydrogens is 252 g/mol. The van der Waals surface area contributed by atoms with E-state index in [-0.39, 0.29) is 11.9 Å². The minimum absolute atomic E-state index is 0.0858. The van der Waals surface area contributed by atoms with Gasteiger partial charge in [-0.15, -0.1) is 0 Å². The van der Waals surface area contributed by atoms with Gasteiger partial charge in [-0.2, -0.15) is 0 Å². The third kappa shape index (κ3) is 3.24. The molecule has 1 amide bonds. The second-order valence-corrected chi connectivity index (χ2v) is 4.60. The number of benzene rings is 1. The molecule has 5 heteroatoms. The van der Waals surface area contributed by atoms with Gasteiger partial charge < -0.3 is 16.0 Å². The summed E-state index contributed by atoms with van der Waals surface area (Å²) in [6.45, 7) is 2.54. The molecule has 0 spiro atoms. The van der Waals surface area contributed by atoms with E-state index in [0.29, 0.717) is 18.5 Å². The minimum atomic E-state index is -0.108. The normalized spacial score (nSPS) is 12.1. The Bertz CT molecular complexity index is 551. The molecule has 0 saturated carbocycles. The monoisotopic (exact) mass is 272 g/mol. The van der Waals surface area contributed by atoms with Gasteiger partial charge in [-0.25, -0.2) is 4.98 Å². The van der Waals surface area contributed by atoms with Crippen molar-refractivity contribution in [3.05, 3.63) is 53.6 Å². The first-order valence-electron chi connectivity index (χ1n) is 6.84. The summed E-state index contributed by atoms with van der Waals surface area (Å²) >= 11 is 0. The quantitative estimate of drug-likeness (QED) is 0.749. The molecule has 4 N–H and O–H groups in total. The van der Waals surface area contributed by atoms with Gasteiger partial charge in [-0.1, -0.05) is 25.1 Å². The minimum Gasteiger partial charge on any atom is -0.347 e. The lowest BCUT2D eigenvalue weighted by Gasteiger charge is -2.16. The predicted molar refractivity (Wildman–Crippen MR) is 78.3 cm³/mol. The molecule has 5 nitrogen and oxygen atoms in total. The highest BCUT2D eigenvalue weighted by molar-refractivity contribution is 5.95. The molecule has 1 aromatic carbocycles.